The summed E-state index contributed by atoms with van der Waals surface area (Å²) in [5, 5.41) is 12.4. The molecule has 0 bridgehead atoms. The van der Waals surface area contributed by atoms with Gasteiger partial charge in [-0.1, -0.05) is 29.5 Å². The zero-order valence-corrected chi connectivity index (χ0v) is 13.8. The molecule has 5 nitrogen and oxygen atoms in total. The van der Waals surface area contributed by atoms with Gasteiger partial charge in [0.1, 0.15) is 5.01 Å². The molecule has 1 amide bonds. The molecule has 1 saturated heterocycles. The molecule has 1 aliphatic heterocycles. The Labute approximate surface area is 138 Å². The minimum absolute atomic E-state index is 0.193. The maximum Gasteiger partial charge on any atom is 0.286 e. The zero-order valence-electron chi connectivity index (χ0n) is 12.2. The van der Waals surface area contributed by atoms with E-state index in [2.05, 4.69) is 20.4 Å². The molecular weight excluding hydrogens is 316 g/mol. The quantitative estimate of drug-likeness (QED) is 0.932. The summed E-state index contributed by atoms with van der Waals surface area (Å²) >= 11 is 3.38. The van der Waals surface area contributed by atoms with E-state index in [4.69, 9.17) is 0 Å². The van der Waals surface area contributed by atoms with Crippen LogP contribution in [0.2, 0.25) is 0 Å². The molecule has 1 aliphatic rings. The first-order valence-electron chi connectivity index (χ1n) is 7.30. The number of nitrogens with one attached hydrogen (secondary N) is 1. The Balaban J connectivity index is 1.59. The number of aromatic nitrogens is 2. The third-order valence-electron chi connectivity index (χ3n) is 3.37. The first-order valence-corrected chi connectivity index (χ1v) is 9.27. The molecule has 0 atom stereocenters. The van der Waals surface area contributed by atoms with E-state index in [1.807, 2.05) is 42.1 Å². The van der Waals surface area contributed by atoms with Crippen LogP contribution in [0, 0.1) is 0 Å². The molecule has 1 N–H and O–H groups in total. The molecular formula is C15H18N4OS2. The highest BCUT2D eigenvalue weighted by Crippen LogP contribution is 2.17. The van der Waals surface area contributed by atoms with Gasteiger partial charge in [-0.2, -0.15) is 11.8 Å². The van der Waals surface area contributed by atoms with Crippen molar-refractivity contribution in [3.63, 3.8) is 0 Å². The molecule has 2 aromatic rings. The standard InChI is InChI=1S/C15H18N4OS2/c20-14(16-12-5-2-1-3-6-12)15-18-17-13(22-15)11-19-7-4-9-21-10-8-19/h1-3,5-6H,4,7-11H2,(H,16,20). The Hall–Kier alpha value is -1.44. The SMILES string of the molecule is O=C(Nc1ccccc1)c1nnc(CN2CCCSCC2)s1. The third kappa shape index (κ3) is 4.28. The van der Waals surface area contributed by atoms with E-state index < -0.39 is 0 Å². The summed E-state index contributed by atoms with van der Waals surface area (Å²) in [5.74, 6) is 2.21. The van der Waals surface area contributed by atoms with Crippen LogP contribution in [-0.2, 0) is 6.54 Å². The summed E-state index contributed by atoms with van der Waals surface area (Å²) in [7, 11) is 0. The Kier molecular flexibility index (Phi) is 5.42. The molecule has 0 spiro atoms. The number of anilines is 1. The fraction of sp³-hybridized carbons (Fsp3) is 0.400. The predicted molar refractivity (Wildman–Crippen MR) is 91.5 cm³/mol. The van der Waals surface area contributed by atoms with Crippen LogP contribution in [-0.4, -0.2) is 45.6 Å². The Bertz CT molecular complexity index is 609. The summed E-state index contributed by atoms with van der Waals surface area (Å²) in [6.45, 7) is 2.96. The number of hydrogen-bond acceptors (Lipinski definition) is 6. The lowest BCUT2D eigenvalue weighted by Crippen LogP contribution is -2.25. The first kappa shape index (κ1) is 15.5. The van der Waals surface area contributed by atoms with Gasteiger partial charge in [0, 0.05) is 18.0 Å². The van der Waals surface area contributed by atoms with Gasteiger partial charge in [-0.15, -0.1) is 10.2 Å². The maximum absolute atomic E-state index is 12.2. The van der Waals surface area contributed by atoms with Gasteiger partial charge in [-0.3, -0.25) is 9.69 Å². The zero-order chi connectivity index (χ0) is 15.2. The number of carbonyl (C=O) groups excluding carboxylic acids is 1. The minimum Gasteiger partial charge on any atom is -0.320 e. The second-order valence-electron chi connectivity index (χ2n) is 5.06. The van der Waals surface area contributed by atoms with E-state index in [9.17, 15) is 4.79 Å². The fourth-order valence-corrected chi connectivity index (χ4v) is 3.96. The fourth-order valence-electron chi connectivity index (χ4n) is 2.26. The van der Waals surface area contributed by atoms with Gasteiger partial charge >= 0.3 is 0 Å². The van der Waals surface area contributed by atoms with Gasteiger partial charge in [0.2, 0.25) is 5.01 Å². The van der Waals surface area contributed by atoms with E-state index in [0.717, 1.165) is 30.3 Å². The van der Waals surface area contributed by atoms with Gasteiger partial charge in [0.05, 0.1) is 6.54 Å². The smallest absolute Gasteiger partial charge is 0.286 e. The number of para-hydroxylation sites is 1. The molecule has 0 aliphatic carbocycles. The largest absolute Gasteiger partial charge is 0.320 e. The van der Waals surface area contributed by atoms with Crippen LogP contribution in [0.3, 0.4) is 0 Å². The van der Waals surface area contributed by atoms with Crippen LogP contribution in [0.25, 0.3) is 0 Å². The highest BCUT2D eigenvalue weighted by Gasteiger charge is 2.16. The number of nitrogens with zero attached hydrogens (tertiary/aromatic N) is 3. The van der Waals surface area contributed by atoms with Crippen molar-refractivity contribution in [2.75, 3.05) is 29.9 Å². The number of benzene rings is 1. The van der Waals surface area contributed by atoms with Crippen molar-refractivity contribution < 1.29 is 4.79 Å². The van der Waals surface area contributed by atoms with Crippen molar-refractivity contribution in [2.24, 2.45) is 0 Å². The molecule has 0 radical (unpaired) electrons. The molecule has 3 rings (SSSR count). The van der Waals surface area contributed by atoms with E-state index in [1.54, 1.807) is 0 Å². The highest BCUT2D eigenvalue weighted by molar-refractivity contribution is 7.99. The second kappa shape index (κ2) is 7.71. The van der Waals surface area contributed by atoms with Crippen molar-refractivity contribution in [1.82, 2.24) is 15.1 Å². The lowest BCUT2D eigenvalue weighted by molar-refractivity contribution is 0.102. The number of hydrogen-bond donors (Lipinski definition) is 1. The Morgan fingerprint density at radius 3 is 2.91 bits per heavy atom. The average molecular weight is 334 g/mol. The third-order valence-corrected chi connectivity index (χ3v) is 5.32. The lowest BCUT2D eigenvalue weighted by Gasteiger charge is -2.16. The van der Waals surface area contributed by atoms with Crippen LogP contribution >= 0.6 is 23.1 Å². The molecule has 116 valence electrons. The monoisotopic (exact) mass is 334 g/mol. The van der Waals surface area contributed by atoms with Crippen molar-refractivity contribution in [2.45, 2.75) is 13.0 Å². The molecule has 0 saturated carbocycles. The van der Waals surface area contributed by atoms with Crippen molar-refractivity contribution in [3.05, 3.63) is 40.3 Å². The average Bonchev–Trinajstić information content (AvgIpc) is 2.85. The van der Waals surface area contributed by atoms with Gasteiger partial charge < -0.3 is 5.32 Å². The molecule has 1 aromatic carbocycles. The van der Waals surface area contributed by atoms with Crippen LogP contribution in [0.5, 0.6) is 0 Å². The molecule has 1 aromatic heterocycles. The molecule has 22 heavy (non-hydrogen) atoms. The van der Waals surface area contributed by atoms with Crippen molar-refractivity contribution in [3.8, 4) is 0 Å². The normalized spacial score (nSPS) is 16.2. The second-order valence-corrected chi connectivity index (χ2v) is 7.35. The number of amides is 1. The summed E-state index contributed by atoms with van der Waals surface area (Å²) in [6, 6.07) is 9.40. The molecule has 0 unspecified atom stereocenters. The van der Waals surface area contributed by atoms with E-state index >= 15 is 0 Å². The van der Waals surface area contributed by atoms with Gasteiger partial charge in [0.25, 0.3) is 5.91 Å². The maximum atomic E-state index is 12.2. The summed E-state index contributed by atoms with van der Waals surface area (Å²) in [6.07, 6.45) is 1.21. The van der Waals surface area contributed by atoms with Gasteiger partial charge in [0.15, 0.2) is 0 Å². The summed E-state index contributed by atoms with van der Waals surface area (Å²) in [5.41, 5.74) is 0.772. The van der Waals surface area contributed by atoms with Gasteiger partial charge in [-0.25, -0.2) is 0 Å². The van der Waals surface area contributed by atoms with Crippen LogP contribution in [0.4, 0.5) is 5.69 Å². The topological polar surface area (TPSA) is 58.1 Å². The van der Waals surface area contributed by atoms with E-state index in [1.165, 1.54) is 29.3 Å². The number of carbonyl (C=O) groups is 1. The Morgan fingerprint density at radius 1 is 1.18 bits per heavy atom. The molecule has 2 heterocycles. The van der Waals surface area contributed by atoms with Crippen molar-refractivity contribution in [1.29, 1.82) is 0 Å². The predicted octanol–water partition coefficient (Wildman–Crippen LogP) is 2.73. The first-order chi connectivity index (χ1) is 10.8. The van der Waals surface area contributed by atoms with Crippen LogP contribution < -0.4 is 5.32 Å². The van der Waals surface area contributed by atoms with Gasteiger partial charge in [-0.05, 0) is 30.9 Å². The number of thioether (sulfide) groups is 1. The van der Waals surface area contributed by atoms with Crippen LogP contribution in [0.15, 0.2) is 30.3 Å². The van der Waals surface area contributed by atoms with E-state index in [0.29, 0.717) is 5.01 Å². The lowest BCUT2D eigenvalue weighted by atomic mass is 10.3. The highest BCUT2D eigenvalue weighted by atomic mass is 32.2. The molecule has 7 heteroatoms. The summed E-state index contributed by atoms with van der Waals surface area (Å²) < 4.78 is 0. The minimum atomic E-state index is -0.193. The van der Waals surface area contributed by atoms with Crippen LogP contribution in [0.1, 0.15) is 21.2 Å². The summed E-state index contributed by atoms with van der Waals surface area (Å²) in [4.78, 5) is 14.5. The van der Waals surface area contributed by atoms with E-state index in [-0.39, 0.29) is 5.91 Å². The number of rotatable bonds is 4. The Morgan fingerprint density at radius 2 is 2.05 bits per heavy atom. The molecule has 1 fully saturated rings. The van der Waals surface area contributed by atoms with Crippen molar-refractivity contribution >= 4 is 34.7 Å².